The molecule has 28 heavy (non-hydrogen) atoms. The first-order valence-electron chi connectivity index (χ1n) is 9.21. The molecule has 7 heteroatoms. The van der Waals surface area contributed by atoms with E-state index < -0.39 is 0 Å². The molecule has 5 nitrogen and oxygen atoms in total. The standard InChI is InChI=1S/C21H28N4OS.HI/c1-22-21(23-14-16-8-10-18(27-3)11-9-16)24-17-12-13-25(15-17)19-6-4-5-7-20(19)26-2;/h4-11,17H,12-15H2,1-3H3,(H2,22,23,24);1H. The molecular formula is C21H29IN4OS. The van der Waals surface area contributed by atoms with Crippen molar-refractivity contribution >= 4 is 47.4 Å². The molecule has 0 spiro atoms. The number of guanidine groups is 1. The predicted octanol–water partition coefficient (Wildman–Crippen LogP) is 3.98. The lowest BCUT2D eigenvalue weighted by Crippen LogP contribution is -2.44. The first kappa shape index (κ1) is 22.7. The molecule has 0 amide bonds. The Hall–Kier alpha value is -1.61. The van der Waals surface area contributed by atoms with E-state index in [4.69, 9.17) is 4.74 Å². The van der Waals surface area contributed by atoms with Crippen LogP contribution < -0.4 is 20.3 Å². The molecule has 0 bridgehead atoms. The second-order valence-corrected chi connectivity index (χ2v) is 7.40. The summed E-state index contributed by atoms with van der Waals surface area (Å²) in [7, 11) is 3.54. The Morgan fingerprint density at radius 2 is 1.96 bits per heavy atom. The molecule has 1 unspecified atom stereocenters. The smallest absolute Gasteiger partial charge is 0.191 e. The van der Waals surface area contributed by atoms with E-state index in [0.29, 0.717) is 6.04 Å². The van der Waals surface area contributed by atoms with E-state index >= 15 is 0 Å². The summed E-state index contributed by atoms with van der Waals surface area (Å²) in [6.07, 6.45) is 3.16. The molecule has 1 atom stereocenters. The van der Waals surface area contributed by atoms with Crippen molar-refractivity contribution in [2.24, 2.45) is 4.99 Å². The van der Waals surface area contributed by atoms with Crippen LogP contribution in [-0.4, -0.2) is 45.5 Å². The number of rotatable bonds is 6. The fraction of sp³-hybridized carbons (Fsp3) is 0.381. The number of nitrogens with one attached hydrogen (secondary N) is 2. The highest BCUT2D eigenvalue weighted by Gasteiger charge is 2.25. The highest BCUT2D eigenvalue weighted by atomic mass is 127. The summed E-state index contributed by atoms with van der Waals surface area (Å²) in [5.41, 5.74) is 2.40. The number of hydrogen-bond donors (Lipinski definition) is 2. The van der Waals surface area contributed by atoms with Crippen molar-refractivity contribution in [2.45, 2.75) is 23.9 Å². The maximum atomic E-state index is 5.50. The Kier molecular flexibility index (Phi) is 9.24. The molecule has 0 aromatic heterocycles. The fourth-order valence-corrected chi connectivity index (χ4v) is 3.71. The Labute approximate surface area is 189 Å². The molecule has 2 aromatic rings. The number of aliphatic imine (C=N–C) groups is 1. The Morgan fingerprint density at radius 3 is 2.64 bits per heavy atom. The van der Waals surface area contributed by atoms with Crippen LogP contribution in [-0.2, 0) is 6.54 Å². The Balaban J connectivity index is 0.00000280. The molecule has 3 rings (SSSR count). The van der Waals surface area contributed by atoms with Crippen LogP contribution in [0.5, 0.6) is 5.75 Å². The van der Waals surface area contributed by atoms with Gasteiger partial charge in [0.25, 0.3) is 0 Å². The van der Waals surface area contributed by atoms with Gasteiger partial charge in [-0.2, -0.15) is 0 Å². The molecule has 0 saturated carbocycles. The van der Waals surface area contributed by atoms with Crippen LogP contribution in [0.1, 0.15) is 12.0 Å². The Bertz CT molecular complexity index is 769. The van der Waals surface area contributed by atoms with Crippen LogP contribution in [0.3, 0.4) is 0 Å². The SMILES string of the molecule is CN=C(NCc1ccc(SC)cc1)NC1CCN(c2ccccc2OC)C1.I. The molecule has 1 aliphatic rings. The van der Waals surface area contributed by atoms with Crippen molar-refractivity contribution in [1.29, 1.82) is 0 Å². The van der Waals surface area contributed by atoms with E-state index in [1.54, 1.807) is 18.9 Å². The van der Waals surface area contributed by atoms with Gasteiger partial charge >= 0.3 is 0 Å². The molecule has 1 heterocycles. The summed E-state index contributed by atoms with van der Waals surface area (Å²) in [6.45, 7) is 2.70. The summed E-state index contributed by atoms with van der Waals surface area (Å²) in [4.78, 5) is 8.03. The molecule has 1 saturated heterocycles. The highest BCUT2D eigenvalue weighted by Crippen LogP contribution is 2.30. The lowest BCUT2D eigenvalue weighted by Gasteiger charge is -2.22. The third kappa shape index (κ3) is 5.94. The van der Waals surface area contributed by atoms with Gasteiger partial charge in [0.05, 0.1) is 12.8 Å². The van der Waals surface area contributed by atoms with Gasteiger partial charge in [-0.15, -0.1) is 35.7 Å². The van der Waals surface area contributed by atoms with Gasteiger partial charge in [0.2, 0.25) is 0 Å². The summed E-state index contributed by atoms with van der Waals surface area (Å²) < 4.78 is 5.50. The minimum atomic E-state index is 0. The number of methoxy groups -OCH3 is 1. The van der Waals surface area contributed by atoms with Gasteiger partial charge in [0.15, 0.2) is 5.96 Å². The second-order valence-electron chi connectivity index (χ2n) is 6.52. The van der Waals surface area contributed by atoms with Crippen molar-refractivity contribution in [3.63, 3.8) is 0 Å². The van der Waals surface area contributed by atoms with E-state index in [9.17, 15) is 0 Å². The zero-order valence-corrected chi connectivity index (χ0v) is 19.8. The zero-order chi connectivity index (χ0) is 19.1. The van der Waals surface area contributed by atoms with Crippen LogP contribution in [0, 0.1) is 0 Å². The number of benzene rings is 2. The zero-order valence-electron chi connectivity index (χ0n) is 16.6. The van der Waals surface area contributed by atoms with Gasteiger partial charge in [-0.25, -0.2) is 0 Å². The maximum absolute atomic E-state index is 5.50. The fourth-order valence-electron chi connectivity index (χ4n) is 3.31. The van der Waals surface area contributed by atoms with Crippen molar-refractivity contribution in [3.8, 4) is 5.75 Å². The lowest BCUT2D eigenvalue weighted by molar-refractivity contribution is 0.415. The molecule has 1 fully saturated rings. The van der Waals surface area contributed by atoms with Crippen molar-refractivity contribution in [2.75, 3.05) is 38.4 Å². The largest absolute Gasteiger partial charge is 0.495 e. The van der Waals surface area contributed by atoms with Gasteiger partial charge in [-0.05, 0) is 42.5 Å². The predicted molar refractivity (Wildman–Crippen MR) is 131 cm³/mol. The highest BCUT2D eigenvalue weighted by molar-refractivity contribution is 14.0. The van der Waals surface area contributed by atoms with Crippen molar-refractivity contribution in [1.82, 2.24) is 10.6 Å². The van der Waals surface area contributed by atoms with E-state index in [1.165, 1.54) is 10.5 Å². The van der Waals surface area contributed by atoms with E-state index in [-0.39, 0.29) is 24.0 Å². The van der Waals surface area contributed by atoms with Gasteiger partial charge in [0, 0.05) is 37.6 Å². The topological polar surface area (TPSA) is 48.9 Å². The average Bonchev–Trinajstić information content (AvgIpc) is 3.19. The maximum Gasteiger partial charge on any atom is 0.191 e. The minimum Gasteiger partial charge on any atom is -0.495 e. The summed E-state index contributed by atoms with van der Waals surface area (Å²) in [5, 5.41) is 6.96. The second kappa shape index (κ2) is 11.4. The molecule has 2 N–H and O–H groups in total. The van der Waals surface area contributed by atoms with Crippen LogP contribution in [0.15, 0.2) is 58.4 Å². The number of ether oxygens (including phenoxy) is 1. The van der Waals surface area contributed by atoms with Crippen molar-refractivity contribution in [3.05, 3.63) is 54.1 Å². The number of halogens is 1. The van der Waals surface area contributed by atoms with Gasteiger partial charge in [-0.3, -0.25) is 4.99 Å². The van der Waals surface area contributed by atoms with E-state index in [2.05, 4.69) is 63.2 Å². The first-order chi connectivity index (χ1) is 13.2. The van der Waals surface area contributed by atoms with Crippen LogP contribution in [0.2, 0.25) is 0 Å². The summed E-state index contributed by atoms with van der Waals surface area (Å²) >= 11 is 1.76. The van der Waals surface area contributed by atoms with E-state index in [1.807, 2.05) is 19.2 Å². The molecule has 1 aliphatic heterocycles. The number of thioether (sulfide) groups is 1. The van der Waals surface area contributed by atoms with Crippen LogP contribution >= 0.6 is 35.7 Å². The van der Waals surface area contributed by atoms with Gasteiger partial charge in [-0.1, -0.05) is 24.3 Å². The minimum absolute atomic E-state index is 0. The van der Waals surface area contributed by atoms with Crippen molar-refractivity contribution < 1.29 is 4.74 Å². The molecule has 0 radical (unpaired) electrons. The monoisotopic (exact) mass is 512 g/mol. The first-order valence-corrected chi connectivity index (χ1v) is 10.4. The number of para-hydroxylation sites is 2. The lowest BCUT2D eigenvalue weighted by atomic mass is 10.2. The normalized spacial score (nSPS) is 16.5. The summed E-state index contributed by atoms with van der Waals surface area (Å²) in [5.74, 6) is 1.77. The molecule has 152 valence electrons. The van der Waals surface area contributed by atoms with Crippen LogP contribution in [0.4, 0.5) is 5.69 Å². The average molecular weight is 512 g/mol. The molecule has 0 aliphatic carbocycles. The third-order valence-corrected chi connectivity index (χ3v) is 5.54. The number of nitrogens with zero attached hydrogens (tertiary/aromatic N) is 2. The molecule has 2 aromatic carbocycles. The quantitative estimate of drug-likeness (QED) is 0.266. The van der Waals surface area contributed by atoms with Crippen LogP contribution in [0.25, 0.3) is 0 Å². The molecular weight excluding hydrogens is 483 g/mol. The number of hydrogen-bond acceptors (Lipinski definition) is 4. The van der Waals surface area contributed by atoms with Gasteiger partial charge < -0.3 is 20.3 Å². The van der Waals surface area contributed by atoms with Gasteiger partial charge in [0.1, 0.15) is 5.75 Å². The van der Waals surface area contributed by atoms with E-state index in [0.717, 1.165) is 43.5 Å². The Morgan fingerprint density at radius 1 is 1.21 bits per heavy atom. The summed E-state index contributed by atoms with van der Waals surface area (Å²) in [6, 6.07) is 17.2. The third-order valence-electron chi connectivity index (χ3n) is 4.80. The number of anilines is 1.